The van der Waals surface area contributed by atoms with Gasteiger partial charge in [0.25, 0.3) is 0 Å². The fraction of sp³-hybridized carbons (Fsp3) is 0.375. The number of carbonyl (C=O) groups excluding carboxylic acids is 1. The maximum absolute atomic E-state index is 12.4. The minimum atomic E-state index is -0.149. The number of nitrogens with zero attached hydrogens (tertiary/aromatic N) is 1. The van der Waals surface area contributed by atoms with Gasteiger partial charge in [0.15, 0.2) is 0 Å². The molecular formula is C16H19N3O2. The predicted octanol–water partition coefficient (Wildman–Crippen LogP) is 2.23. The molecule has 0 bridgehead atoms. The Morgan fingerprint density at radius 1 is 1.52 bits per heavy atom. The molecule has 2 unspecified atom stereocenters. The topological polar surface area (TPSA) is 67.0 Å². The zero-order valence-corrected chi connectivity index (χ0v) is 12.0. The van der Waals surface area contributed by atoms with E-state index in [1.165, 1.54) is 0 Å². The highest BCUT2D eigenvalue weighted by atomic mass is 16.5. The molecule has 0 radical (unpaired) electrons. The highest BCUT2D eigenvalue weighted by Crippen LogP contribution is 2.27. The summed E-state index contributed by atoms with van der Waals surface area (Å²) in [7, 11) is 0. The SMILES string of the molecule is CCC(NC(=O)C1COc2ccccc2C1)c1ncc[nH]1. The molecule has 21 heavy (non-hydrogen) atoms. The number of hydrogen-bond donors (Lipinski definition) is 2. The van der Waals surface area contributed by atoms with Crippen LogP contribution < -0.4 is 10.1 Å². The van der Waals surface area contributed by atoms with Crippen molar-refractivity contribution >= 4 is 5.91 Å². The second kappa shape index (κ2) is 5.99. The van der Waals surface area contributed by atoms with E-state index in [9.17, 15) is 4.79 Å². The van der Waals surface area contributed by atoms with Crippen LogP contribution in [0.15, 0.2) is 36.7 Å². The molecular weight excluding hydrogens is 266 g/mol. The van der Waals surface area contributed by atoms with E-state index in [1.54, 1.807) is 12.4 Å². The summed E-state index contributed by atoms with van der Waals surface area (Å²) in [6, 6.07) is 7.80. The first-order valence-electron chi connectivity index (χ1n) is 7.28. The summed E-state index contributed by atoms with van der Waals surface area (Å²) in [6.45, 7) is 2.46. The van der Waals surface area contributed by atoms with Gasteiger partial charge in [0, 0.05) is 12.4 Å². The molecule has 5 heteroatoms. The van der Waals surface area contributed by atoms with Crippen LogP contribution >= 0.6 is 0 Å². The molecule has 110 valence electrons. The number of carbonyl (C=O) groups is 1. The molecule has 2 N–H and O–H groups in total. The van der Waals surface area contributed by atoms with E-state index in [-0.39, 0.29) is 17.9 Å². The van der Waals surface area contributed by atoms with Gasteiger partial charge in [-0.15, -0.1) is 0 Å². The second-order valence-corrected chi connectivity index (χ2v) is 5.26. The number of benzene rings is 1. The van der Waals surface area contributed by atoms with E-state index in [4.69, 9.17) is 4.74 Å². The lowest BCUT2D eigenvalue weighted by Gasteiger charge is -2.26. The van der Waals surface area contributed by atoms with E-state index in [0.717, 1.165) is 30.0 Å². The molecule has 3 rings (SSSR count). The molecule has 1 aliphatic heterocycles. The first kappa shape index (κ1) is 13.7. The average molecular weight is 285 g/mol. The number of ether oxygens (including phenoxy) is 1. The van der Waals surface area contributed by atoms with Crippen LogP contribution in [0.4, 0.5) is 0 Å². The molecule has 0 saturated heterocycles. The Morgan fingerprint density at radius 3 is 3.14 bits per heavy atom. The van der Waals surface area contributed by atoms with Gasteiger partial charge in [-0.05, 0) is 24.5 Å². The van der Waals surface area contributed by atoms with E-state index in [0.29, 0.717) is 6.61 Å². The molecule has 1 amide bonds. The molecule has 0 spiro atoms. The van der Waals surface area contributed by atoms with Gasteiger partial charge in [-0.25, -0.2) is 4.98 Å². The lowest BCUT2D eigenvalue weighted by molar-refractivity contribution is -0.127. The molecule has 0 fully saturated rings. The summed E-state index contributed by atoms with van der Waals surface area (Å²) < 4.78 is 5.68. The van der Waals surface area contributed by atoms with Gasteiger partial charge in [-0.2, -0.15) is 0 Å². The zero-order chi connectivity index (χ0) is 14.7. The van der Waals surface area contributed by atoms with Crippen molar-refractivity contribution in [1.82, 2.24) is 15.3 Å². The smallest absolute Gasteiger partial charge is 0.227 e. The molecule has 1 aromatic heterocycles. The van der Waals surface area contributed by atoms with Crippen molar-refractivity contribution in [3.63, 3.8) is 0 Å². The summed E-state index contributed by atoms with van der Waals surface area (Å²) in [4.78, 5) is 19.7. The van der Waals surface area contributed by atoms with Crippen LogP contribution in [-0.4, -0.2) is 22.5 Å². The quantitative estimate of drug-likeness (QED) is 0.905. The minimum Gasteiger partial charge on any atom is -0.492 e. The van der Waals surface area contributed by atoms with Gasteiger partial charge in [0.1, 0.15) is 18.2 Å². The summed E-state index contributed by atoms with van der Waals surface area (Å²) >= 11 is 0. The molecule has 2 aromatic rings. The van der Waals surface area contributed by atoms with Gasteiger partial charge in [-0.1, -0.05) is 25.1 Å². The van der Waals surface area contributed by atoms with Crippen LogP contribution in [0.1, 0.15) is 30.8 Å². The summed E-state index contributed by atoms with van der Waals surface area (Å²) in [6.07, 6.45) is 4.98. The number of fused-ring (bicyclic) bond motifs is 1. The van der Waals surface area contributed by atoms with E-state index in [2.05, 4.69) is 15.3 Å². The summed E-state index contributed by atoms with van der Waals surface area (Å²) in [5, 5.41) is 3.06. The van der Waals surface area contributed by atoms with Crippen LogP contribution in [0.3, 0.4) is 0 Å². The van der Waals surface area contributed by atoms with Crippen LogP contribution in [0, 0.1) is 5.92 Å². The number of nitrogens with one attached hydrogen (secondary N) is 2. The first-order chi connectivity index (χ1) is 10.3. The molecule has 0 saturated carbocycles. The summed E-state index contributed by atoms with van der Waals surface area (Å²) in [5.41, 5.74) is 1.09. The highest BCUT2D eigenvalue weighted by Gasteiger charge is 2.27. The monoisotopic (exact) mass is 285 g/mol. The van der Waals surface area contributed by atoms with Crippen molar-refractivity contribution in [2.24, 2.45) is 5.92 Å². The molecule has 5 nitrogen and oxygen atoms in total. The standard InChI is InChI=1S/C16H19N3O2/c1-2-13(15-17-7-8-18-15)19-16(20)12-9-11-5-3-4-6-14(11)21-10-12/h3-8,12-13H,2,9-10H2,1H3,(H,17,18)(H,19,20). The lowest BCUT2D eigenvalue weighted by Crippen LogP contribution is -2.39. The second-order valence-electron chi connectivity index (χ2n) is 5.26. The maximum atomic E-state index is 12.4. The zero-order valence-electron chi connectivity index (χ0n) is 12.0. The average Bonchev–Trinajstić information content (AvgIpc) is 3.06. The number of aromatic nitrogens is 2. The molecule has 1 aliphatic rings. The van der Waals surface area contributed by atoms with E-state index >= 15 is 0 Å². The first-order valence-corrected chi connectivity index (χ1v) is 7.28. The van der Waals surface area contributed by atoms with Crippen molar-refractivity contribution < 1.29 is 9.53 Å². The maximum Gasteiger partial charge on any atom is 0.227 e. The predicted molar refractivity (Wildman–Crippen MR) is 78.9 cm³/mol. The normalized spacial score (nSPS) is 18.4. The third-order valence-electron chi connectivity index (χ3n) is 3.82. The Labute approximate surface area is 123 Å². The van der Waals surface area contributed by atoms with E-state index < -0.39 is 0 Å². The van der Waals surface area contributed by atoms with Gasteiger partial charge >= 0.3 is 0 Å². The Bertz CT molecular complexity index is 610. The Kier molecular flexibility index (Phi) is 3.90. The third-order valence-corrected chi connectivity index (χ3v) is 3.82. The molecule has 1 aromatic carbocycles. The number of H-pyrrole nitrogens is 1. The Morgan fingerprint density at radius 2 is 2.38 bits per heavy atom. The van der Waals surface area contributed by atoms with Gasteiger partial charge in [0.05, 0.1) is 12.0 Å². The largest absolute Gasteiger partial charge is 0.492 e. The van der Waals surface area contributed by atoms with Crippen molar-refractivity contribution in [1.29, 1.82) is 0 Å². The van der Waals surface area contributed by atoms with Crippen LogP contribution in [0.5, 0.6) is 5.75 Å². The van der Waals surface area contributed by atoms with Crippen molar-refractivity contribution in [3.05, 3.63) is 48.0 Å². The minimum absolute atomic E-state index is 0.0211. The van der Waals surface area contributed by atoms with Crippen molar-refractivity contribution in [2.75, 3.05) is 6.61 Å². The van der Waals surface area contributed by atoms with Crippen LogP contribution in [0.2, 0.25) is 0 Å². The number of aromatic amines is 1. The number of para-hydroxylation sites is 1. The fourth-order valence-electron chi connectivity index (χ4n) is 2.62. The Hall–Kier alpha value is -2.30. The highest BCUT2D eigenvalue weighted by molar-refractivity contribution is 5.80. The van der Waals surface area contributed by atoms with Gasteiger partial charge < -0.3 is 15.0 Å². The third kappa shape index (κ3) is 2.91. The van der Waals surface area contributed by atoms with E-state index in [1.807, 2.05) is 31.2 Å². The number of imidazole rings is 1. The van der Waals surface area contributed by atoms with Gasteiger partial charge in [0.2, 0.25) is 5.91 Å². The van der Waals surface area contributed by atoms with Crippen LogP contribution in [0.25, 0.3) is 0 Å². The Balaban J connectivity index is 1.66. The number of rotatable bonds is 4. The summed E-state index contributed by atoms with van der Waals surface area (Å²) in [5.74, 6) is 1.55. The molecule has 2 heterocycles. The molecule has 2 atom stereocenters. The fourth-order valence-corrected chi connectivity index (χ4v) is 2.62. The van der Waals surface area contributed by atoms with Gasteiger partial charge in [-0.3, -0.25) is 4.79 Å². The lowest BCUT2D eigenvalue weighted by atomic mass is 9.95. The number of amides is 1. The van der Waals surface area contributed by atoms with Crippen LogP contribution in [-0.2, 0) is 11.2 Å². The number of hydrogen-bond acceptors (Lipinski definition) is 3. The van der Waals surface area contributed by atoms with Crippen molar-refractivity contribution in [3.8, 4) is 5.75 Å². The molecule has 0 aliphatic carbocycles. The van der Waals surface area contributed by atoms with Crippen molar-refractivity contribution in [2.45, 2.75) is 25.8 Å².